The van der Waals surface area contributed by atoms with Crippen LogP contribution in [-0.2, 0) is 9.47 Å². The summed E-state index contributed by atoms with van der Waals surface area (Å²) in [5.74, 6) is -0.512. The molecule has 0 amide bonds. The minimum Gasteiger partial charge on any atom is -0.391 e. The van der Waals surface area contributed by atoms with Crippen molar-refractivity contribution in [1.29, 1.82) is 0 Å². The molecular formula is C7H14O3. The largest absolute Gasteiger partial charge is 0.391 e. The first-order chi connectivity index (χ1) is 4.51. The molecule has 1 saturated heterocycles. The monoisotopic (exact) mass is 146 g/mol. The topological polar surface area (TPSA) is 38.7 Å². The number of rotatable bonds is 1. The zero-order valence-electron chi connectivity index (χ0n) is 6.63. The van der Waals surface area contributed by atoms with E-state index in [0.717, 1.165) is 0 Å². The Bertz CT molecular complexity index is 120. The average molecular weight is 146 g/mol. The van der Waals surface area contributed by atoms with Gasteiger partial charge in [-0.2, -0.15) is 0 Å². The molecule has 1 rings (SSSR count). The minimum atomic E-state index is -0.512. The molecule has 0 saturated carbocycles. The molecule has 1 N–H and O–H groups in total. The zero-order valence-corrected chi connectivity index (χ0v) is 6.63. The van der Waals surface area contributed by atoms with Gasteiger partial charge in [-0.15, -0.1) is 0 Å². The van der Waals surface area contributed by atoms with Gasteiger partial charge in [0.1, 0.15) is 6.10 Å². The molecule has 10 heavy (non-hydrogen) atoms. The molecule has 1 fully saturated rings. The summed E-state index contributed by atoms with van der Waals surface area (Å²) in [5, 5.41) is 9.08. The van der Waals surface area contributed by atoms with Gasteiger partial charge in [-0.1, -0.05) is 0 Å². The Labute approximate surface area is 60.9 Å². The lowest BCUT2D eigenvalue weighted by molar-refractivity contribution is -0.149. The van der Waals surface area contributed by atoms with Crippen molar-refractivity contribution in [2.24, 2.45) is 0 Å². The van der Waals surface area contributed by atoms with Crippen molar-refractivity contribution in [3.63, 3.8) is 0 Å². The predicted molar refractivity (Wildman–Crippen MR) is 36.6 cm³/mol. The first-order valence-electron chi connectivity index (χ1n) is 3.51. The smallest absolute Gasteiger partial charge is 0.163 e. The van der Waals surface area contributed by atoms with Gasteiger partial charge in [0.2, 0.25) is 0 Å². The molecule has 60 valence electrons. The molecule has 0 aromatic carbocycles. The highest BCUT2D eigenvalue weighted by atomic mass is 16.7. The lowest BCUT2D eigenvalue weighted by Crippen LogP contribution is -2.28. The maximum atomic E-state index is 9.08. The molecule has 1 unspecified atom stereocenters. The molecule has 3 nitrogen and oxygen atoms in total. The summed E-state index contributed by atoms with van der Waals surface area (Å²) < 4.78 is 10.6. The molecule has 2 atom stereocenters. The van der Waals surface area contributed by atoms with Crippen LogP contribution in [0.1, 0.15) is 20.8 Å². The van der Waals surface area contributed by atoms with Crippen LogP contribution in [0.5, 0.6) is 0 Å². The van der Waals surface area contributed by atoms with Crippen LogP contribution >= 0.6 is 0 Å². The summed E-state index contributed by atoms with van der Waals surface area (Å²) in [4.78, 5) is 0. The van der Waals surface area contributed by atoms with Crippen LogP contribution in [0, 0.1) is 0 Å². The Balaban J connectivity index is 2.43. The lowest BCUT2D eigenvalue weighted by Gasteiger charge is -2.17. The van der Waals surface area contributed by atoms with Crippen LogP contribution in [-0.4, -0.2) is 29.7 Å². The maximum absolute atomic E-state index is 9.08. The molecule has 0 aliphatic carbocycles. The molecule has 0 bridgehead atoms. The van der Waals surface area contributed by atoms with Crippen molar-refractivity contribution < 1.29 is 14.6 Å². The van der Waals surface area contributed by atoms with E-state index in [1.807, 2.05) is 13.8 Å². The van der Waals surface area contributed by atoms with Gasteiger partial charge in [-0.05, 0) is 20.8 Å². The SMILES string of the molecule is C[C@H](O)C1COC(C)(C)O1. The Morgan fingerprint density at radius 1 is 1.60 bits per heavy atom. The van der Waals surface area contributed by atoms with Crippen molar-refractivity contribution >= 4 is 0 Å². The van der Waals surface area contributed by atoms with Crippen molar-refractivity contribution in [3.8, 4) is 0 Å². The van der Waals surface area contributed by atoms with Gasteiger partial charge in [0.15, 0.2) is 5.79 Å². The molecule has 1 aliphatic heterocycles. The molecule has 0 aromatic rings. The molecular weight excluding hydrogens is 132 g/mol. The molecule has 1 heterocycles. The highest BCUT2D eigenvalue weighted by molar-refractivity contribution is 4.74. The van der Waals surface area contributed by atoms with Crippen LogP contribution in [0.3, 0.4) is 0 Å². The Kier molecular flexibility index (Phi) is 1.99. The van der Waals surface area contributed by atoms with Crippen LogP contribution in [0.2, 0.25) is 0 Å². The summed E-state index contributed by atoms with van der Waals surface area (Å²) in [5.41, 5.74) is 0. The molecule has 0 spiro atoms. The van der Waals surface area contributed by atoms with E-state index in [9.17, 15) is 0 Å². The van der Waals surface area contributed by atoms with Crippen LogP contribution < -0.4 is 0 Å². The highest BCUT2D eigenvalue weighted by Gasteiger charge is 2.34. The fourth-order valence-corrected chi connectivity index (χ4v) is 0.953. The minimum absolute atomic E-state index is 0.157. The molecule has 0 radical (unpaired) electrons. The lowest BCUT2D eigenvalue weighted by atomic mass is 10.2. The van der Waals surface area contributed by atoms with Gasteiger partial charge in [0.05, 0.1) is 12.7 Å². The average Bonchev–Trinajstić information content (AvgIpc) is 2.10. The third kappa shape index (κ3) is 1.68. The Hall–Kier alpha value is -0.120. The molecule has 0 aromatic heterocycles. The second kappa shape index (κ2) is 2.49. The first kappa shape index (κ1) is 7.98. The maximum Gasteiger partial charge on any atom is 0.163 e. The quantitative estimate of drug-likeness (QED) is 0.586. The van der Waals surface area contributed by atoms with Crippen LogP contribution in [0.25, 0.3) is 0 Å². The Morgan fingerprint density at radius 3 is 2.40 bits per heavy atom. The van der Waals surface area contributed by atoms with Gasteiger partial charge in [0, 0.05) is 0 Å². The Morgan fingerprint density at radius 2 is 2.20 bits per heavy atom. The summed E-state index contributed by atoms with van der Waals surface area (Å²) in [7, 11) is 0. The summed E-state index contributed by atoms with van der Waals surface area (Å²) in [6.45, 7) is 5.88. The number of ether oxygens (including phenoxy) is 2. The van der Waals surface area contributed by atoms with Crippen molar-refractivity contribution in [2.45, 2.75) is 38.8 Å². The molecule has 1 aliphatic rings. The van der Waals surface area contributed by atoms with Crippen LogP contribution in [0.15, 0.2) is 0 Å². The van der Waals surface area contributed by atoms with E-state index < -0.39 is 11.9 Å². The number of aliphatic hydroxyl groups is 1. The first-order valence-corrected chi connectivity index (χ1v) is 3.51. The van der Waals surface area contributed by atoms with E-state index in [2.05, 4.69) is 0 Å². The van der Waals surface area contributed by atoms with Gasteiger partial charge in [-0.3, -0.25) is 0 Å². The van der Waals surface area contributed by atoms with E-state index in [4.69, 9.17) is 14.6 Å². The van der Waals surface area contributed by atoms with Gasteiger partial charge in [0.25, 0.3) is 0 Å². The van der Waals surface area contributed by atoms with E-state index in [-0.39, 0.29) is 6.10 Å². The van der Waals surface area contributed by atoms with Crippen molar-refractivity contribution in [3.05, 3.63) is 0 Å². The number of hydrogen-bond donors (Lipinski definition) is 1. The second-order valence-corrected chi connectivity index (χ2v) is 3.11. The van der Waals surface area contributed by atoms with E-state index >= 15 is 0 Å². The second-order valence-electron chi connectivity index (χ2n) is 3.11. The predicted octanol–water partition coefficient (Wildman–Crippen LogP) is 0.519. The van der Waals surface area contributed by atoms with Gasteiger partial charge >= 0.3 is 0 Å². The normalized spacial score (nSPS) is 34.2. The standard InChI is InChI=1S/C7H14O3/c1-5(8)6-4-9-7(2,3)10-6/h5-6,8H,4H2,1-3H3/t5-,6?/m0/s1. The fourth-order valence-electron chi connectivity index (χ4n) is 0.953. The van der Waals surface area contributed by atoms with E-state index in [1.54, 1.807) is 6.92 Å². The van der Waals surface area contributed by atoms with E-state index in [0.29, 0.717) is 6.61 Å². The molecule has 3 heteroatoms. The number of hydrogen-bond acceptors (Lipinski definition) is 3. The van der Waals surface area contributed by atoms with Crippen LogP contribution in [0.4, 0.5) is 0 Å². The number of aliphatic hydroxyl groups excluding tert-OH is 1. The van der Waals surface area contributed by atoms with Gasteiger partial charge < -0.3 is 14.6 Å². The van der Waals surface area contributed by atoms with Crippen molar-refractivity contribution in [2.75, 3.05) is 6.61 Å². The van der Waals surface area contributed by atoms with E-state index in [1.165, 1.54) is 0 Å². The summed E-state index contributed by atoms with van der Waals surface area (Å²) >= 11 is 0. The van der Waals surface area contributed by atoms with Gasteiger partial charge in [-0.25, -0.2) is 0 Å². The summed E-state index contributed by atoms with van der Waals surface area (Å²) in [6, 6.07) is 0. The third-order valence-electron chi connectivity index (χ3n) is 1.57. The zero-order chi connectivity index (χ0) is 7.78. The third-order valence-corrected chi connectivity index (χ3v) is 1.57. The summed E-state index contributed by atoms with van der Waals surface area (Å²) in [6.07, 6.45) is -0.600. The fraction of sp³-hybridized carbons (Fsp3) is 1.00. The highest BCUT2D eigenvalue weighted by Crippen LogP contribution is 2.23. The van der Waals surface area contributed by atoms with Crippen molar-refractivity contribution in [1.82, 2.24) is 0 Å².